The van der Waals surface area contributed by atoms with Gasteiger partial charge in [0.25, 0.3) is 0 Å². The third-order valence-electron chi connectivity index (χ3n) is 2.35. The number of thioether (sulfide) groups is 1. The summed E-state index contributed by atoms with van der Waals surface area (Å²) in [4.78, 5) is 1.13. The zero-order valence-corrected chi connectivity index (χ0v) is 13.2. The molecule has 0 fully saturated rings. The molecule has 0 spiro atoms. The fourth-order valence-corrected chi connectivity index (χ4v) is 3.65. The molecule has 0 atom stereocenters. The van der Waals surface area contributed by atoms with Crippen molar-refractivity contribution in [2.75, 3.05) is 5.73 Å². The standard InChI is InChI=1S/C13H10BrCl2NS/c14-11-6-10(17)3-4-13(11)18-7-8-1-2-9(15)5-12(8)16/h1-6H,7,17H2. The highest BCUT2D eigenvalue weighted by Crippen LogP contribution is 2.33. The Morgan fingerprint density at radius 3 is 2.56 bits per heavy atom. The SMILES string of the molecule is Nc1ccc(SCc2ccc(Cl)cc2Cl)c(Br)c1. The highest BCUT2D eigenvalue weighted by molar-refractivity contribution is 9.10. The average Bonchev–Trinajstić information content (AvgIpc) is 2.30. The molecule has 2 rings (SSSR count). The van der Waals surface area contributed by atoms with Crippen LogP contribution in [0.2, 0.25) is 10.0 Å². The number of anilines is 1. The van der Waals surface area contributed by atoms with E-state index in [1.165, 1.54) is 0 Å². The second-order valence-corrected chi connectivity index (χ2v) is 6.43. The number of halogens is 3. The van der Waals surface area contributed by atoms with Crippen molar-refractivity contribution < 1.29 is 0 Å². The lowest BCUT2D eigenvalue weighted by Crippen LogP contribution is -1.86. The minimum atomic E-state index is 0.655. The van der Waals surface area contributed by atoms with Crippen LogP contribution >= 0.6 is 50.9 Å². The van der Waals surface area contributed by atoms with Gasteiger partial charge in [-0.05, 0) is 51.8 Å². The third-order valence-corrected chi connectivity index (χ3v) is 4.98. The summed E-state index contributed by atoms with van der Waals surface area (Å²) in [6.45, 7) is 0. The van der Waals surface area contributed by atoms with Crippen molar-refractivity contribution in [2.24, 2.45) is 0 Å². The molecule has 0 saturated carbocycles. The van der Waals surface area contributed by atoms with Crippen LogP contribution in [0.1, 0.15) is 5.56 Å². The molecule has 0 bridgehead atoms. The highest BCUT2D eigenvalue weighted by atomic mass is 79.9. The first-order valence-electron chi connectivity index (χ1n) is 5.18. The molecule has 2 aromatic carbocycles. The molecule has 0 heterocycles. The maximum absolute atomic E-state index is 6.13. The Labute approximate surface area is 129 Å². The average molecular weight is 363 g/mol. The fourth-order valence-electron chi connectivity index (χ4n) is 1.43. The monoisotopic (exact) mass is 361 g/mol. The lowest BCUT2D eigenvalue weighted by atomic mass is 10.2. The maximum atomic E-state index is 6.13. The minimum Gasteiger partial charge on any atom is -0.399 e. The van der Waals surface area contributed by atoms with Gasteiger partial charge in [0.2, 0.25) is 0 Å². The van der Waals surface area contributed by atoms with E-state index in [2.05, 4.69) is 15.9 Å². The summed E-state index contributed by atoms with van der Waals surface area (Å²) < 4.78 is 0.998. The van der Waals surface area contributed by atoms with Crippen LogP contribution in [0.4, 0.5) is 5.69 Å². The van der Waals surface area contributed by atoms with Crippen molar-refractivity contribution in [1.29, 1.82) is 0 Å². The summed E-state index contributed by atoms with van der Waals surface area (Å²) in [5.74, 6) is 0.790. The molecular weight excluding hydrogens is 353 g/mol. The summed E-state index contributed by atoms with van der Waals surface area (Å²) in [6, 6.07) is 11.3. The Balaban J connectivity index is 2.11. The van der Waals surface area contributed by atoms with Crippen molar-refractivity contribution in [3.63, 3.8) is 0 Å². The quantitative estimate of drug-likeness (QED) is 0.565. The van der Waals surface area contributed by atoms with Crippen molar-refractivity contribution in [2.45, 2.75) is 10.6 Å². The Hall–Kier alpha value is -0.350. The molecule has 0 aliphatic carbocycles. The number of nitrogens with two attached hydrogens (primary N) is 1. The van der Waals surface area contributed by atoms with E-state index >= 15 is 0 Å². The lowest BCUT2D eigenvalue weighted by molar-refractivity contribution is 1.36. The van der Waals surface area contributed by atoms with E-state index < -0.39 is 0 Å². The van der Waals surface area contributed by atoms with E-state index in [0.29, 0.717) is 10.0 Å². The molecule has 2 aromatic rings. The van der Waals surface area contributed by atoms with Gasteiger partial charge < -0.3 is 5.73 Å². The first-order valence-corrected chi connectivity index (χ1v) is 7.71. The van der Waals surface area contributed by atoms with E-state index in [4.69, 9.17) is 28.9 Å². The number of benzene rings is 2. The fraction of sp³-hybridized carbons (Fsp3) is 0.0769. The maximum Gasteiger partial charge on any atom is 0.0461 e. The third kappa shape index (κ3) is 3.58. The summed E-state index contributed by atoms with van der Waals surface area (Å²) in [5, 5.41) is 1.35. The molecule has 1 nitrogen and oxygen atoms in total. The van der Waals surface area contributed by atoms with Crippen LogP contribution in [-0.4, -0.2) is 0 Å². The van der Waals surface area contributed by atoms with Gasteiger partial charge in [0, 0.05) is 30.9 Å². The topological polar surface area (TPSA) is 26.0 Å². The first kappa shape index (κ1) is 14.1. The van der Waals surface area contributed by atoms with Gasteiger partial charge in [-0.15, -0.1) is 11.8 Å². The number of nitrogen functional groups attached to an aromatic ring is 1. The van der Waals surface area contributed by atoms with Crippen LogP contribution in [0.5, 0.6) is 0 Å². The number of hydrogen-bond acceptors (Lipinski definition) is 2. The highest BCUT2D eigenvalue weighted by Gasteiger charge is 2.05. The Morgan fingerprint density at radius 2 is 1.89 bits per heavy atom. The van der Waals surface area contributed by atoms with Gasteiger partial charge in [-0.3, -0.25) is 0 Å². The molecule has 0 saturated heterocycles. The van der Waals surface area contributed by atoms with Crippen molar-refractivity contribution >= 4 is 56.6 Å². The molecule has 18 heavy (non-hydrogen) atoms. The van der Waals surface area contributed by atoms with E-state index in [1.807, 2.05) is 30.3 Å². The number of rotatable bonds is 3. The van der Waals surface area contributed by atoms with Crippen LogP contribution in [0, 0.1) is 0 Å². The van der Waals surface area contributed by atoms with Crippen LogP contribution < -0.4 is 5.73 Å². The Morgan fingerprint density at radius 1 is 1.11 bits per heavy atom. The van der Waals surface area contributed by atoms with Gasteiger partial charge in [-0.1, -0.05) is 29.3 Å². The van der Waals surface area contributed by atoms with Crippen molar-refractivity contribution in [3.8, 4) is 0 Å². The molecule has 2 N–H and O–H groups in total. The predicted molar refractivity (Wildman–Crippen MR) is 84.6 cm³/mol. The normalized spacial score (nSPS) is 10.6. The molecule has 5 heteroatoms. The molecule has 0 amide bonds. The van der Waals surface area contributed by atoms with Gasteiger partial charge >= 0.3 is 0 Å². The molecule has 0 unspecified atom stereocenters. The molecule has 0 aliphatic heterocycles. The van der Waals surface area contributed by atoms with Gasteiger partial charge in [0.05, 0.1) is 0 Å². The summed E-state index contributed by atoms with van der Waals surface area (Å²) >= 11 is 17.2. The molecular formula is C13H10BrCl2NS. The summed E-state index contributed by atoms with van der Waals surface area (Å²) in [7, 11) is 0. The van der Waals surface area contributed by atoms with Gasteiger partial charge in [0.15, 0.2) is 0 Å². The molecule has 0 radical (unpaired) electrons. The second kappa shape index (κ2) is 6.20. The predicted octanol–water partition coefficient (Wildman–Crippen LogP) is 5.63. The van der Waals surface area contributed by atoms with Crippen LogP contribution in [0.3, 0.4) is 0 Å². The van der Waals surface area contributed by atoms with Crippen LogP contribution in [0.15, 0.2) is 45.8 Å². The summed E-state index contributed by atoms with van der Waals surface area (Å²) in [6.07, 6.45) is 0. The van der Waals surface area contributed by atoms with E-state index in [9.17, 15) is 0 Å². The van der Waals surface area contributed by atoms with Crippen LogP contribution in [-0.2, 0) is 5.75 Å². The lowest BCUT2D eigenvalue weighted by Gasteiger charge is -2.07. The van der Waals surface area contributed by atoms with Gasteiger partial charge in [-0.2, -0.15) is 0 Å². The van der Waals surface area contributed by atoms with Gasteiger partial charge in [-0.25, -0.2) is 0 Å². The zero-order valence-electron chi connectivity index (χ0n) is 9.29. The summed E-state index contributed by atoms with van der Waals surface area (Å²) in [5.41, 5.74) is 7.51. The van der Waals surface area contributed by atoms with E-state index in [-0.39, 0.29) is 0 Å². The first-order chi connectivity index (χ1) is 8.56. The van der Waals surface area contributed by atoms with Crippen molar-refractivity contribution in [3.05, 3.63) is 56.5 Å². The smallest absolute Gasteiger partial charge is 0.0461 e. The molecule has 94 valence electrons. The molecule has 0 aromatic heterocycles. The molecule has 0 aliphatic rings. The number of hydrogen-bond donors (Lipinski definition) is 1. The largest absolute Gasteiger partial charge is 0.399 e. The minimum absolute atomic E-state index is 0.655. The Bertz CT molecular complexity index is 523. The van der Waals surface area contributed by atoms with E-state index in [1.54, 1.807) is 17.8 Å². The Kier molecular flexibility index (Phi) is 4.84. The van der Waals surface area contributed by atoms with E-state index in [0.717, 1.165) is 26.4 Å². The zero-order chi connectivity index (χ0) is 13.1. The second-order valence-electron chi connectivity index (χ2n) is 3.71. The van der Waals surface area contributed by atoms with Crippen molar-refractivity contribution in [1.82, 2.24) is 0 Å². The van der Waals surface area contributed by atoms with Crippen LogP contribution in [0.25, 0.3) is 0 Å². The van der Waals surface area contributed by atoms with Gasteiger partial charge in [0.1, 0.15) is 0 Å².